The number of Topliss-reactive ketones (excluding diaryl/α,β-unsaturated/α-hetero) is 1. The van der Waals surface area contributed by atoms with Gasteiger partial charge in [0, 0.05) is 34.3 Å². The van der Waals surface area contributed by atoms with Gasteiger partial charge >= 0.3 is 0 Å². The average molecular weight is 448 g/mol. The fourth-order valence-electron chi connectivity index (χ4n) is 4.23. The number of benzene rings is 2. The minimum Gasteiger partial charge on any atom is -0.497 e. The number of nitrogens with zero attached hydrogens (tertiary/aromatic N) is 3. The highest BCUT2D eigenvalue weighted by Gasteiger charge is 2.32. The summed E-state index contributed by atoms with van der Waals surface area (Å²) in [6.45, 7) is 0. The number of hydrogen-bond donors (Lipinski definition) is 0. The molecular weight excluding hydrogens is 430 g/mol. The number of carbonyl (C=O) groups excluding carboxylic acids is 1. The van der Waals surface area contributed by atoms with E-state index in [0.717, 1.165) is 32.1 Å². The van der Waals surface area contributed by atoms with Crippen LogP contribution in [0.5, 0.6) is 5.75 Å². The fraction of sp³-hybridized carbons (Fsp3) is 0.0741. The minimum absolute atomic E-state index is 0.0533. The number of hydrogen-bond acceptors (Lipinski definition) is 5. The Balaban J connectivity index is 1.61. The van der Waals surface area contributed by atoms with Gasteiger partial charge in [0.1, 0.15) is 23.5 Å². The highest BCUT2D eigenvalue weighted by Crippen LogP contribution is 2.41. The summed E-state index contributed by atoms with van der Waals surface area (Å²) in [5.41, 5.74) is 5.11. The number of rotatable bonds is 3. The molecular formula is C27H17N3O2S. The van der Waals surface area contributed by atoms with E-state index in [0.29, 0.717) is 22.3 Å². The summed E-state index contributed by atoms with van der Waals surface area (Å²) in [6.07, 6.45) is 1.80. The molecule has 0 spiro atoms. The Hall–Kier alpha value is -4.39. The second kappa shape index (κ2) is 7.94. The SMILES string of the molecule is COc1ccc(-c2cc3sc(/C=C4\C(=O)c5ccccc5C4=C(C#N)C#N)cc3n2C)cc1. The Labute approximate surface area is 194 Å². The van der Waals surface area contributed by atoms with Gasteiger partial charge in [0.25, 0.3) is 0 Å². The van der Waals surface area contributed by atoms with Crippen molar-refractivity contribution in [3.05, 3.63) is 87.8 Å². The van der Waals surface area contributed by atoms with Crippen LogP contribution in [-0.4, -0.2) is 17.5 Å². The van der Waals surface area contributed by atoms with E-state index in [1.807, 2.05) is 55.6 Å². The molecule has 2 aromatic heterocycles. The fourth-order valence-corrected chi connectivity index (χ4v) is 5.30. The van der Waals surface area contributed by atoms with Crippen LogP contribution in [0.4, 0.5) is 0 Å². The third kappa shape index (κ3) is 3.25. The average Bonchev–Trinajstić information content (AvgIpc) is 3.47. The Morgan fingerprint density at radius 3 is 2.36 bits per heavy atom. The topological polar surface area (TPSA) is 78.8 Å². The molecule has 0 fully saturated rings. The van der Waals surface area contributed by atoms with Gasteiger partial charge in [-0.1, -0.05) is 24.3 Å². The van der Waals surface area contributed by atoms with Crippen LogP contribution in [0, 0.1) is 22.7 Å². The predicted octanol–water partition coefficient (Wildman–Crippen LogP) is 6.00. The number of nitriles is 2. The summed E-state index contributed by atoms with van der Waals surface area (Å²) in [5.74, 6) is 0.642. The molecule has 2 heterocycles. The molecule has 5 nitrogen and oxygen atoms in total. The van der Waals surface area contributed by atoms with Crippen molar-refractivity contribution in [2.45, 2.75) is 0 Å². The van der Waals surface area contributed by atoms with E-state index in [1.54, 1.807) is 42.7 Å². The van der Waals surface area contributed by atoms with Gasteiger partial charge in [-0.05, 0) is 53.6 Å². The van der Waals surface area contributed by atoms with Crippen LogP contribution < -0.4 is 4.74 Å². The van der Waals surface area contributed by atoms with Crippen LogP contribution in [0.25, 0.3) is 33.1 Å². The predicted molar refractivity (Wildman–Crippen MR) is 130 cm³/mol. The van der Waals surface area contributed by atoms with Gasteiger partial charge in [-0.3, -0.25) is 4.79 Å². The molecule has 0 N–H and O–H groups in total. The highest BCUT2D eigenvalue weighted by molar-refractivity contribution is 7.19. The molecule has 1 aliphatic carbocycles. The van der Waals surface area contributed by atoms with Crippen molar-refractivity contribution in [1.82, 2.24) is 4.57 Å². The van der Waals surface area contributed by atoms with E-state index >= 15 is 0 Å². The first kappa shape index (κ1) is 20.5. The van der Waals surface area contributed by atoms with Crippen LogP contribution in [0.1, 0.15) is 20.8 Å². The van der Waals surface area contributed by atoms with Crippen LogP contribution >= 0.6 is 11.3 Å². The maximum atomic E-state index is 13.1. The molecule has 2 aromatic carbocycles. The number of carbonyl (C=O) groups is 1. The number of ketones is 1. The maximum absolute atomic E-state index is 13.1. The maximum Gasteiger partial charge on any atom is 0.194 e. The molecule has 0 atom stereocenters. The van der Waals surface area contributed by atoms with Crippen molar-refractivity contribution in [2.24, 2.45) is 7.05 Å². The first-order valence-electron chi connectivity index (χ1n) is 10.2. The van der Waals surface area contributed by atoms with E-state index in [2.05, 4.69) is 10.6 Å². The molecule has 1 aliphatic rings. The Morgan fingerprint density at radius 1 is 1.03 bits per heavy atom. The van der Waals surface area contributed by atoms with Crippen molar-refractivity contribution in [3.8, 4) is 29.1 Å². The smallest absolute Gasteiger partial charge is 0.194 e. The number of aryl methyl sites for hydroxylation is 1. The summed E-state index contributed by atoms with van der Waals surface area (Å²) in [6, 6.07) is 23.1. The molecule has 0 saturated carbocycles. The van der Waals surface area contributed by atoms with Gasteiger partial charge in [-0.15, -0.1) is 11.3 Å². The summed E-state index contributed by atoms with van der Waals surface area (Å²) < 4.78 is 8.46. The van der Waals surface area contributed by atoms with Crippen molar-refractivity contribution in [3.63, 3.8) is 0 Å². The van der Waals surface area contributed by atoms with E-state index in [1.165, 1.54) is 0 Å². The number of methoxy groups -OCH3 is 1. The number of thiophene rings is 1. The lowest BCUT2D eigenvalue weighted by Crippen LogP contribution is -1.95. The molecule has 0 bridgehead atoms. The normalized spacial score (nSPS) is 13.8. The number of ether oxygens (including phenoxy) is 1. The van der Waals surface area contributed by atoms with Gasteiger partial charge in [-0.25, -0.2) is 0 Å². The van der Waals surface area contributed by atoms with Crippen LogP contribution in [-0.2, 0) is 7.05 Å². The van der Waals surface area contributed by atoms with Crippen LogP contribution in [0.15, 0.2) is 71.8 Å². The molecule has 0 amide bonds. The van der Waals surface area contributed by atoms with Gasteiger partial charge in [0.15, 0.2) is 5.78 Å². The standard InChI is InChI=1S/C27H17N3O2S/c1-30-23(16-7-9-18(32-2)10-8-16)13-25-24(30)12-19(33-25)11-22-26(17(14-28)15-29)20-5-3-4-6-21(20)27(22)31/h3-13H,1-2H3/b22-11-. The quantitative estimate of drug-likeness (QED) is 0.285. The third-order valence-electron chi connectivity index (χ3n) is 5.85. The van der Waals surface area contributed by atoms with Crippen molar-refractivity contribution >= 4 is 39.0 Å². The summed E-state index contributed by atoms with van der Waals surface area (Å²) >= 11 is 1.57. The first-order chi connectivity index (χ1) is 16.0. The zero-order valence-electron chi connectivity index (χ0n) is 17.9. The van der Waals surface area contributed by atoms with E-state index < -0.39 is 0 Å². The van der Waals surface area contributed by atoms with Crippen molar-refractivity contribution in [2.75, 3.05) is 7.11 Å². The van der Waals surface area contributed by atoms with E-state index in [4.69, 9.17) is 4.74 Å². The monoisotopic (exact) mass is 447 g/mol. The van der Waals surface area contributed by atoms with Crippen LogP contribution in [0.2, 0.25) is 0 Å². The Bertz CT molecular complexity index is 1570. The highest BCUT2D eigenvalue weighted by atomic mass is 32.1. The molecule has 0 saturated heterocycles. The molecule has 6 heteroatoms. The van der Waals surface area contributed by atoms with Gasteiger partial charge < -0.3 is 9.30 Å². The van der Waals surface area contributed by atoms with Crippen LogP contribution in [0.3, 0.4) is 0 Å². The third-order valence-corrected chi connectivity index (χ3v) is 6.87. The summed E-state index contributed by atoms with van der Waals surface area (Å²) in [7, 11) is 3.66. The second-order valence-electron chi connectivity index (χ2n) is 7.62. The molecule has 5 rings (SSSR count). The van der Waals surface area contributed by atoms with Gasteiger partial charge in [0.05, 0.1) is 17.3 Å². The Kier molecular flexibility index (Phi) is 4.94. The van der Waals surface area contributed by atoms with Gasteiger partial charge in [0.2, 0.25) is 0 Å². The number of aromatic nitrogens is 1. The van der Waals surface area contributed by atoms with Crippen molar-refractivity contribution in [1.29, 1.82) is 10.5 Å². The zero-order valence-corrected chi connectivity index (χ0v) is 18.7. The Morgan fingerprint density at radius 2 is 1.73 bits per heavy atom. The van der Waals surface area contributed by atoms with Gasteiger partial charge in [-0.2, -0.15) is 10.5 Å². The molecule has 0 unspecified atom stereocenters. The minimum atomic E-state index is -0.167. The lowest BCUT2D eigenvalue weighted by Gasteiger charge is -2.05. The summed E-state index contributed by atoms with van der Waals surface area (Å²) in [5, 5.41) is 19.0. The number of fused-ring (bicyclic) bond motifs is 2. The number of allylic oxidation sites excluding steroid dienone is 3. The molecule has 0 aliphatic heterocycles. The summed E-state index contributed by atoms with van der Waals surface area (Å²) in [4.78, 5) is 14.0. The molecule has 4 aromatic rings. The first-order valence-corrected chi connectivity index (χ1v) is 11.0. The lowest BCUT2D eigenvalue weighted by atomic mass is 9.99. The van der Waals surface area contributed by atoms with Crippen molar-refractivity contribution < 1.29 is 9.53 Å². The van der Waals surface area contributed by atoms with E-state index in [-0.39, 0.29) is 11.4 Å². The second-order valence-corrected chi connectivity index (χ2v) is 8.74. The molecule has 158 valence electrons. The molecule has 33 heavy (non-hydrogen) atoms. The lowest BCUT2D eigenvalue weighted by molar-refractivity contribution is 0.104. The molecule has 0 radical (unpaired) electrons. The van der Waals surface area contributed by atoms with E-state index in [9.17, 15) is 15.3 Å². The largest absolute Gasteiger partial charge is 0.497 e. The zero-order chi connectivity index (χ0) is 23.1.